The fourth-order valence-electron chi connectivity index (χ4n) is 3.53. The highest BCUT2D eigenvalue weighted by Gasteiger charge is 2.24. The van der Waals surface area contributed by atoms with E-state index >= 15 is 0 Å². The van der Waals surface area contributed by atoms with Gasteiger partial charge in [0.25, 0.3) is 0 Å². The molecule has 2 aliphatic rings. The molecule has 0 radical (unpaired) electrons. The van der Waals surface area contributed by atoms with Crippen molar-refractivity contribution in [3.8, 4) is 0 Å². The van der Waals surface area contributed by atoms with Crippen molar-refractivity contribution in [3.63, 3.8) is 0 Å². The third-order valence-corrected chi connectivity index (χ3v) is 4.67. The molecule has 0 saturated carbocycles. The predicted molar refractivity (Wildman–Crippen MR) is 78.0 cm³/mol. The number of rotatable bonds is 5. The molecule has 1 N–H and O–H groups in total. The summed E-state index contributed by atoms with van der Waals surface area (Å²) in [5.74, 6) is 0.952. The summed E-state index contributed by atoms with van der Waals surface area (Å²) in [5.41, 5.74) is 0. The molecule has 0 bridgehead atoms. The predicted octanol–water partition coefficient (Wildman–Crippen LogP) is 1.79. The molecule has 18 heavy (non-hydrogen) atoms. The molecule has 2 fully saturated rings. The van der Waals surface area contributed by atoms with Gasteiger partial charge < -0.3 is 15.1 Å². The number of hydrogen-bond donors (Lipinski definition) is 1. The Morgan fingerprint density at radius 3 is 2.44 bits per heavy atom. The second kappa shape index (κ2) is 7.46. The normalized spacial score (nSPS) is 28.7. The number of piperidine rings is 2. The monoisotopic (exact) mass is 253 g/mol. The van der Waals surface area contributed by atoms with Crippen molar-refractivity contribution >= 4 is 0 Å². The molecular formula is C15H31N3. The van der Waals surface area contributed by atoms with Gasteiger partial charge in [-0.25, -0.2) is 0 Å². The smallest absolute Gasteiger partial charge is 0.0195 e. The lowest BCUT2D eigenvalue weighted by Gasteiger charge is -2.38. The Morgan fingerprint density at radius 1 is 1.00 bits per heavy atom. The summed E-state index contributed by atoms with van der Waals surface area (Å²) in [4.78, 5) is 5.30. The van der Waals surface area contributed by atoms with E-state index in [9.17, 15) is 0 Å². The molecule has 1 atom stereocenters. The van der Waals surface area contributed by atoms with Gasteiger partial charge in [0.1, 0.15) is 0 Å². The van der Waals surface area contributed by atoms with Crippen LogP contribution in [0.25, 0.3) is 0 Å². The van der Waals surface area contributed by atoms with Crippen LogP contribution in [0.15, 0.2) is 0 Å². The SMILES string of the molecule is CCNC1CCCN(CC2CCN(CC)CC2)C1. The number of likely N-dealkylation sites (N-methyl/N-ethyl adjacent to an activating group) is 1. The van der Waals surface area contributed by atoms with Crippen molar-refractivity contribution < 1.29 is 0 Å². The Labute approximate surface area is 113 Å². The van der Waals surface area contributed by atoms with Crippen molar-refractivity contribution in [2.24, 2.45) is 5.92 Å². The Balaban J connectivity index is 1.69. The topological polar surface area (TPSA) is 18.5 Å². The largest absolute Gasteiger partial charge is 0.313 e. The van der Waals surface area contributed by atoms with Gasteiger partial charge in [-0.05, 0) is 64.3 Å². The van der Waals surface area contributed by atoms with Crippen LogP contribution in [0, 0.1) is 5.92 Å². The molecule has 2 rings (SSSR count). The van der Waals surface area contributed by atoms with Crippen molar-refractivity contribution in [1.82, 2.24) is 15.1 Å². The fraction of sp³-hybridized carbons (Fsp3) is 1.00. The molecule has 2 heterocycles. The first-order valence-electron chi connectivity index (χ1n) is 8.00. The van der Waals surface area contributed by atoms with Gasteiger partial charge in [0.2, 0.25) is 0 Å². The van der Waals surface area contributed by atoms with E-state index in [0.717, 1.165) is 18.5 Å². The van der Waals surface area contributed by atoms with Crippen LogP contribution in [0.2, 0.25) is 0 Å². The molecule has 2 saturated heterocycles. The summed E-state index contributed by atoms with van der Waals surface area (Å²) in [6, 6.07) is 0.750. The van der Waals surface area contributed by atoms with Crippen LogP contribution in [-0.4, -0.2) is 61.7 Å². The van der Waals surface area contributed by atoms with Gasteiger partial charge in [-0.3, -0.25) is 0 Å². The summed E-state index contributed by atoms with van der Waals surface area (Å²) in [6.45, 7) is 13.5. The number of nitrogens with one attached hydrogen (secondary N) is 1. The standard InChI is InChI=1S/C15H31N3/c1-3-16-15-6-5-9-18(13-15)12-14-7-10-17(4-2)11-8-14/h14-16H,3-13H2,1-2H3. The van der Waals surface area contributed by atoms with Gasteiger partial charge >= 0.3 is 0 Å². The first-order valence-corrected chi connectivity index (χ1v) is 8.00. The lowest BCUT2D eigenvalue weighted by Crippen LogP contribution is -2.48. The van der Waals surface area contributed by atoms with Crippen LogP contribution in [0.5, 0.6) is 0 Å². The molecule has 1 unspecified atom stereocenters. The quantitative estimate of drug-likeness (QED) is 0.806. The van der Waals surface area contributed by atoms with Gasteiger partial charge in [-0.15, -0.1) is 0 Å². The zero-order valence-corrected chi connectivity index (χ0v) is 12.3. The van der Waals surface area contributed by atoms with Crippen LogP contribution in [0.1, 0.15) is 39.5 Å². The molecular weight excluding hydrogens is 222 g/mol. The number of likely N-dealkylation sites (tertiary alicyclic amines) is 2. The maximum absolute atomic E-state index is 3.62. The third-order valence-electron chi connectivity index (χ3n) is 4.67. The Hall–Kier alpha value is -0.120. The Morgan fingerprint density at radius 2 is 1.78 bits per heavy atom. The molecule has 2 aliphatic heterocycles. The Bertz CT molecular complexity index is 222. The average Bonchev–Trinajstić information content (AvgIpc) is 2.40. The number of nitrogens with zero attached hydrogens (tertiary/aromatic N) is 2. The van der Waals surface area contributed by atoms with E-state index in [4.69, 9.17) is 0 Å². The molecule has 0 aliphatic carbocycles. The molecule has 0 aromatic heterocycles. The van der Waals surface area contributed by atoms with Gasteiger partial charge in [-0.1, -0.05) is 13.8 Å². The van der Waals surface area contributed by atoms with Crippen molar-refractivity contribution in [1.29, 1.82) is 0 Å². The fourth-order valence-corrected chi connectivity index (χ4v) is 3.53. The lowest BCUT2D eigenvalue weighted by molar-refractivity contribution is 0.123. The summed E-state index contributed by atoms with van der Waals surface area (Å²) >= 11 is 0. The molecule has 3 heteroatoms. The maximum atomic E-state index is 3.62. The average molecular weight is 253 g/mol. The lowest BCUT2D eigenvalue weighted by atomic mass is 9.95. The second-order valence-corrected chi connectivity index (χ2v) is 6.03. The van der Waals surface area contributed by atoms with Crippen molar-refractivity contribution in [3.05, 3.63) is 0 Å². The minimum absolute atomic E-state index is 0.750. The van der Waals surface area contributed by atoms with Gasteiger partial charge in [0, 0.05) is 19.1 Å². The van der Waals surface area contributed by atoms with E-state index in [-0.39, 0.29) is 0 Å². The molecule has 0 aromatic rings. The highest BCUT2D eigenvalue weighted by atomic mass is 15.2. The molecule has 0 spiro atoms. The minimum Gasteiger partial charge on any atom is -0.313 e. The van der Waals surface area contributed by atoms with E-state index in [0.29, 0.717) is 0 Å². The van der Waals surface area contributed by atoms with Gasteiger partial charge in [-0.2, -0.15) is 0 Å². The second-order valence-electron chi connectivity index (χ2n) is 6.03. The van der Waals surface area contributed by atoms with Gasteiger partial charge in [0.15, 0.2) is 0 Å². The molecule has 3 nitrogen and oxygen atoms in total. The summed E-state index contributed by atoms with van der Waals surface area (Å²) in [7, 11) is 0. The zero-order chi connectivity index (χ0) is 12.8. The first kappa shape index (κ1) is 14.3. The van der Waals surface area contributed by atoms with Crippen LogP contribution < -0.4 is 5.32 Å². The van der Waals surface area contributed by atoms with E-state index in [2.05, 4.69) is 29.0 Å². The van der Waals surface area contributed by atoms with Gasteiger partial charge in [0.05, 0.1) is 0 Å². The highest BCUT2D eigenvalue weighted by Crippen LogP contribution is 2.20. The first-order chi connectivity index (χ1) is 8.81. The van der Waals surface area contributed by atoms with Crippen molar-refractivity contribution in [2.75, 3.05) is 45.8 Å². The zero-order valence-electron chi connectivity index (χ0n) is 12.3. The van der Waals surface area contributed by atoms with E-state index < -0.39 is 0 Å². The number of hydrogen-bond acceptors (Lipinski definition) is 3. The minimum atomic E-state index is 0.750. The van der Waals surface area contributed by atoms with E-state index in [1.54, 1.807) is 0 Å². The molecule has 106 valence electrons. The molecule has 0 amide bonds. The summed E-state index contributed by atoms with van der Waals surface area (Å²) in [5, 5.41) is 3.62. The van der Waals surface area contributed by atoms with E-state index in [1.807, 2.05) is 0 Å². The summed E-state index contributed by atoms with van der Waals surface area (Å²) in [6.07, 6.45) is 5.58. The summed E-state index contributed by atoms with van der Waals surface area (Å²) < 4.78 is 0. The van der Waals surface area contributed by atoms with E-state index in [1.165, 1.54) is 65.0 Å². The Kier molecular flexibility index (Phi) is 5.93. The van der Waals surface area contributed by atoms with Crippen LogP contribution in [0.3, 0.4) is 0 Å². The van der Waals surface area contributed by atoms with Crippen LogP contribution >= 0.6 is 0 Å². The maximum Gasteiger partial charge on any atom is 0.0195 e. The van der Waals surface area contributed by atoms with Crippen LogP contribution in [0.4, 0.5) is 0 Å². The van der Waals surface area contributed by atoms with Crippen molar-refractivity contribution in [2.45, 2.75) is 45.6 Å². The molecule has 0 aromatic carbocycles. The third kappa shape index (κ3) is 4.22. The van der Waals surface area contributed by atoms with Crippen LogP contribution in [-0.2, 0) is 0 Å². The highest BCUT2D eigenvalue weighted by molar-refractivity contribution is 4.81.